The Morgan fingerprint density at radius 2 is 2.05 bits per heavy atom. The van der Waals surface area contributed by atoms with E-state index in [0.717, 1.165) is 11.3 Å². The van der Waals surface area contributed by atoms with E-state index in [-0.39, 0.29) is 12.5 Å². The van der Waals surface area contributed by atoms with Gasteiger partial charge in [-0.2, -0.15) is 0 Å². The molecule has 0 aliphatic carbocycles. The van der Waals surface area contributed by atoms with Gasteiger partial charge in [0.1, 0.15) is 0 Å². The van der Waals surface area contributed by atoms with Gasteiger partial charge in [0.25, 0.3) is 5.91 Å². The van der Waals surface area contributed by atoms with Crippen LogP contribution in [0.25, 0.3) is 0 Å². The maximum atomic E-state index is 11.9. The summed E-state index contributed by atoms with van der Waals surface area (Å²) in [5, 5.41) is 12.7. The fourth-order valence-corrected chi connectivity index (χ4v) is 1.77. The molecule has 0 radical (unpaired) electrons. The van der Waals surface area contributed by atoms with E-state index in [4.69, 9.17) is 0 Å². The van der Waals surface area contributed by atoms with Crippen LogP contribution in [0.3, 0.4) is 0 Å². The van der Waals surface area contributed by atoms with Crippen LogP contribution < -0.4 is 5.32 Å². The predicted octanol–water partition coefficient (Wildman–Crippen LogP) is 1.85. The average Bonchev–Trinajstić information content (AvgIpc) is 2.45. The molecule has 4 heteroatoms. The molecule has 1 atom stereocenters. The number of rotatable bonds is 4. The average molecular weight is 256 g/mol. The smallest absolute Gasteiger partial charge is 0.251 e. The Hall–Kier alpha value is -2.20. The zero-order valence-corrected chi connectivity index (χ0v) is 10.7. The summed E-state index contributed by atoms with van der Waals surface area (Å²) in [5.41, 5.74) is 2.12. The van der Waals surface area contributed by atoms with Crippen molar-refractivity contribution in [1.82, 2.24) is 10.3 Å². The molecule has 0 fully saturated rings. The molecule has 1 amide bonds. The third-order valence-electron chi connectivity index (χ3n) is 2.80. The molecule has 1 heterocycles. The topological polar surface area (TPSA) is 62.2 Å². The maximum absolute atomic E-state index is 11.9. The number of nitrogens with zero attached hydrogens (tertiary/aromatic N) is 1. The number of hydrogen-bond acceptors (Lipinski definition) is 3. The van der Waals surface area contributed by atoms with Crippen LogP contribution in [0.2, 0.25) is 0 Å². The maximum Gasteiger partial charge on any atom is 0.251 e. The fraction of sp³-hybridized carbons (Fsp3) is 0.200. The Morgan fingerprint density at radius 3 is 2.74 bits per heavy atom. The standard InChI is InChI=1S/C15H16N2O2/c1-11-9-13(7-8-16-11)15(19)17-10-14(18)12-5-3-2-4-6-12/h2-9,14,18H,10H2,1H3,(H,17,19). The quantitative estimate of drug-likeness (QED) is 0.877. The Bertz CT molecular complexity index is 555. The number of amides is 1. The highest BCUT2D eigenvalue weighted by Gasteiger charge is 2.10. The van der Waals surface area contributed by atoms with E-state index in [1.807, 2.05) is 37.3 Å². The van der Waals surface area contributed by atoms with Crippen molar-refractivity contribution in [2.24, 2.45) is 0 Å². The summed E-state index contributed by atoms with van der Waals surface area (Å²) in [6.07, 6.45) is 0.894. The zero-order chi connectivity index (χ0) is 13.7. The Kier molecular flexibility index (Phi) is 4.26. The molecule has 0 spiro atoms. The normalized spacial score (nSPS) is 11.9. The van der Waals surface area contributed by atoms with E-state index in [1.54, 1.807) is 18.3 Å². The van der Waals surface area contributed by atoms with Crippen LogP contribution in [0.15, 0.2) is 48.7 Å². The van der Waals surface area contributed by atoms with Gasteiger partial charge in [0.15, 0.2) is 0 Å². The van der Waals surface area contributed by atoms with Gasteiger partial charge in [-0.25, -0.2) is 0 Å². The minimum absolute atomic E-state index is 0.185. The van der Waals surface area contributed by atoms with Gasteiger partial charge >= 0.3 is 0 Å². The van der Waals surface area contributed by atoms with E-state index >= 15 is 0 Å². The molecule has 2 aromatic rings. The molecule has 0 aliphatic heterocycles. The van der Waals surface area contributed by atoms with Crippen molar-refractivity contribution in [2.45, 2.75) is 13.0 Å². The van der Waals surface area contributed by atoms with E-state index in [1.165, 1.54) is 0 Å². The number of nitrogens with one attached hydrogen (secondary N) is 1. The zero-order valence-electron chi connectivity index (χ0n) is 10.7. The fourth-order valence-electron chi connectivity index (χ4n) is 1.77. The second-order valence-electron chi connectivity index (χ2n) is 4.32. The highest BCUT2D eigenvalue weighted by atomic mass is 16.3. The summed E-state index contributed by atoms with van der Waals surface area (Å²) in [5.74, 6) is -0.208. The minimum Gasteiger partial charge on any atom is -0.387 e. The molecule has 2 N–H and O–H groups in total. The number of benzene rings is 1. The summed E-state index contributed by atoms with van der Waals surface area (Å²) in [4.78, 5) is 15.9. The third kappa shape index (κ3) is 3.63. The van der Waals surface area contributed by atoms with Crippen LogP contribution in [-0.2, 0) is 0 Å². The van der Waals surface area contributed by atoms with Gasteiger partial charge < -0.3 is 10.4 Å². The first-order chi connectivity index (χ1) is 9.16. The van der Waals surface area contributed by atoms with E-state index < -0.39 is 6.10 Å². The predicted molar refractivity (Wildman–Crippen MR) is 72.7 cm³/mol. The molecule has 0 aliphatic rings. The van der Waals surface area contributed by atoms with Crippen LogP contribution in [0.1, 0.15) is 27.7 Å². The van der Waals surface area contributed by atoms with Crippen molar-refractivity contribution >= 4 is 5.91 Å². The van der Waals surface area contributed by atoms with E-state index in [9.17, 15) is 9.90 Å². The number of carbonyl (C=O) groups is 1. The van der Waals surface area contributed by atoms with Crippen molar-refractivity contribution in [3.8, 4) is 0 Å². The Morgan fingerprint density at radius 1 is 1.32 bits per heavy atom. The Balaban J connectivity index is 1.94. The lowest BCUT2D eigenvalue weighted by Crippen LogP contribution is -2.28. The molecule has 1 aromatic heterocycles. The highest BCUT2D eigenvalue weighted by molar-refractivity contribution is 5.94. The lowest BCUT2D eigenvalue weighted by atomic mass is 10.1. The summed E-state index contributed by atoms with van der Waals surface area (Å²) in [6, 6.07) is 12.6. The number of aromatic nitrogens is 1. The van der Waals surface area contributed by atoms with Crippen molar-refractivity contribution in [3.63, 3.8) is 0 Å². The molecule has 0 saturated carbocycles. The number of aliphatic hydroxyl groups is 1. The molecular weight excluding hydrogens is 240 g/mol. The van der Waals surface area contributed by atoms with Crippen LogP contribution >= 0.6 is 0 Å². The molecule has 0 bridgehead atoms. The molecule has 2 rings (SSSR count). The van der Waals surface area contributed by atoms with Crippen molar-refractivity contribution in [1.29, 1.82) is 0 Å². The van der Waals surface area contributed by atoms with Gasteiger partial charge in [0, 0.05) is 24.0 Å². The molecule has 19 heavy (non-hydrogen) atoms. The lowest BCUT2D eigenvalue weighted by Gasteiger charge is -2.12. The lowest BCUT2D eigenvalue weighted by molar-refractivity contribution is 0.0916. The van der Waals surface area contributed by atoms with E-state index in [0.29, 0.717) is 5.56 Å². The summed E-state index contributed by atoms with van der Waals surface area (Å²) in [6.45, 7) is 2.01. The number of pyridine rings is 1. The van der Waals surface area contributed by atoms with Crippen molar-refractivity contribution in [2.75, 3.05) is 6.54 Å². The molecule has 1 unspecified atom stereocenters. The first-order valence-electron chi connectivity index (χ1n) is 6.10. The summed E-state index contributed by atoms with van der Waals surface area (Å²) < 4.78 is 0. The van der Waals surface area contributed by atoms with Gasteiger partial charge in [-0.1, -0.05) is 30.3 Å². The molecule has 0 saturated heterocycles. The van der Waals surface area contributed by atoms with Gasteiger partial charge in [-0.05, 0) is 24.6 Å². The van der Waals surface area contributed by atoms with E-state index in [2.05, 4.69) is 10.3 Å². The van der Waals surface area contributed by atoms with Crippen LogP contribution in [0, 0.1) is 6.92 Å². The molecule has 1 aromatic carbocycles. The van der Waals surface area contributed by atoms with Gasteiger partial charge in [0.2, 0.25) is 0 Å². The SMILES string of the molecule is Cc1cc(C(=O)NCC(O)c2ccccc2)ccn1. The molecular formula is C15H16N2O2. The molecule has 98 valence electrons. The second-order valence-corrected chi connectivity index (χ2v) is 4.32. The van der Waals surface area contributed by atoms with Gasteiger partial charge in [0.05, 0.1) is 6.10 Å². The monoisotopic (exact) mass is 256 g/mol. The Labute approximate surface area is 112 Å². The summed E-state index contributed by atoms with van der Waals surface area (Å²) in [7, 11) is 0. The van der Waals surface area contributed by atoms with Crippen LogP contribution in [0.5, 0.6) is 0 Å². The summed E-state index contributed by atoms with van der Waals surface area (Å²) >= 11 is 0. The number of hydrogen-bond donors (Lipinski definition) is 2. The van der Waals surface area contributed by atoms with Gasteiger partial charge in [-0.15, -0.1) is 0 Å². The minimum atomic E-state index is -0.701. The second kappa shape index (κ2) is 6.11. The van der Waals surface area contributed by atoms with Crippen LogP contribution in [-0.4, -0.2) is 22.5 Å². The number of aliphatic hydroxyl groups excluding tert-OH is 1. The van der Waals surface area contributed by atoms with Crippen LogP contribution in [0.4, 0.5) is 0 Å². The third-order valence-corrected chi connectivity index (χ3v) is 2.80. The molecule has 4 nitrogen and oxygen atoms in total. The first kappa shape index (κ1) is 13.2. The highest BCUT2D eigenvalue weighted by Crippen LogP contribution is 2.10. The first-order valence-corrected chi connectivity index (χ1v) is 6.10. The van der Waals surface area contributed by atoms with Crippen molar-refractivity contribution < 1.29 is 9.90 Å². The number of carbonyl (C=O) groups excluding carboxylic acids is 1. The largest absolute Gasteiger partial charge is 0.387 e. The van der Waals surface area contributed by atoms with Crippen molar-refractivity contribution in [3.05, 3.63) is 65.5 Å². The van der Waals surface area contributed by atoms with Gasteiger partial charge in [-0.3, -0.25) is 9.78 Å². The number of aryl methyl sites for hydroxylation is 1.